The van der Waals surface area contributed by atoms with Crippen molar-refractivity contribution in [1.82, 2.24) is 10.6 Å². The minimum Gasteiger partial charge on any atom is -0.393 e. The molecular formula is C59H98N2O8S. The first-order chi connectivity index (χ1) is 32.5. The maximum atomic E-state index is 14.1. The Bertz CT molecular complexity index is 1930. The zero-order valence-corrected chi connectivity index (χ0v) is 46.5. The molecular weight excluding hydrogens is 897 g/mol. The maximum Gasteiger partial charge on any atom is 0.223 e. The number of hydrogen-bond donors (Lipinski definition) is 4. The molecule has 4 N–H and O–H groups in total. The molecule has 70 heavy (non-hydrogen) atoms. The maximum absolute atomic E-state index is 14.1. The monoisotopic (exact) mass is 995 g/mol. The number of hydrogen-bond acceptors (Lipinski definition) is 8. The number of carbonyl (C=O) groups is 6. The molecule has 0 bridgehead atoms. The number of nitrogens with one attached hydrogen (secondary N) is 2. The summed E-state index contributed by atoms with van der Waals surface area (Å²) in [5, 5.41) is 26.4. The zero-order chi connectivity index (χ0) is 50.5. The van der Waals surface area contributed by atoms with Crippen LogP contribution in [-0.2, 0) is 28.8 Å². The van der Waals surface area contributed by atoms with Crippen molar-refractivity contribution in [2.45, 2.75) is 210 Å². The second kappa shape index (κ2) is 22.4. The lowest BCUT2D eigenvalue weighted by molar-refractivity contribution is -0.173. The highest BCUT2D eigenvalue weighted by Gasteiger charge is 2.67. The van der Waals surface area contributed by atoms with Crippen LogP contribution in [0.3, 0.4) is 0 Å². The lowest BCUT2D eigenvalue weighted by atomic mass is 9.42. The first-order valence-corrected chi connectivity index (χ1v) is 28.4. The molecule has 8 aliphatic carbocycles. The number of rotatable bonds is 14. The van der Waals surface area contributed by atoms with Gasteiger partial charge in [-0.05, 0) is 210 Å². The van der Waals surface area contributed by atoms with Crippen LogP contribution in [0.4, 0.5) is 0 Å². The topological polar surface area (TPSA) is 167 Å². The van der Waals surface area contributed by atoms with E-state index in [0.717, 1.165) is 103 Å². The molecule has 0 aromatic carbocycles. The van der Waals surface area contributed by atoms with Gasteiger partial charge >= 0.3 is 0 Å². The zero-order valence-electron chi connectivity index (χ0n) is 45.5. The van der Waals surface area contributed by atoms with E-state index in [0.29, 0.717) is 77.2 Å². The number of fused-ring (bicyclic) bond motifs is 10. The van der Waals surface area contributed by atoms with Crippen molar-refractivity contribution in [2.75, 3.05) is 13.1 Å². The standard InChI is InChI=1S/C30H49NO4.C29H47NO4.H2S/c1-7-21-25-15-20(33)10-12-30(25,6)24-11-13-29(5)22(8-9-23(29)26(24)27(21)34)17(2)14-18(3)28(35)31-16-19(4)32;1-6-20-24-15-19(32)11-13-29(24,5)23-12-14-28(4)21(8-9-22(28)26(23)27(20)34)17(2)7-10-25(33)30-16-18(3)31;/h17-18,20-26,33H,7-16H2,1-6H3,(H,31,35);17,19-24,26,32H,6-16H2,1-5H3,(H,30,33);1H2/t17-,18+,20-,21-,22-,23?,24?,25?,26?,29-,30-;17-,19-,20-,21-,22?,23?,24?,26?,28-,29-;/m11./s1. The Morgan fingerprint density at radius 2 is 0.971 bits per heavy atom. The lowest BCUT2D eigenvalue weighted by Crippen LogP contribution is -2.60. The van der Waals surface area contributed by atoms with Crippen LogP contribution < -0.4 is 10.6 Å². The first-order valence-electron chi connectivity index (χ1n) is 28.4. The van der Waals surface area contributed by atoms with Gasteiger partial charge in [0.2, 0.25) is 11.8 Å². The van der Waals surface area contributed by atoms with Gasteiger partial charge in [-0.1, -0.05) is 62.3 Å². The Balaban J connectivity index is 0.000000226. The molecule has 0 aromatic heterocycles. The fraction of sp³-hybridized carbons (Fsp3) is 0.898. The molecule has 0 aliphatic heterocycles. The molecule has 8 unspecified atom stereocenters. The quantitative estimate of drug-likeness (QED) is 0.133. The van der Waals surface area contributed by atoms with E-state index in [2.05, 4.69) is 66.0 Å². The summed E-state index contributed by atoms with van der Waals surface area (Å²) in [6.45, 7) is 23.9. The van der Waals surface area contributed by atoms with E-state index in [1.54, 1.807) is 0 Å². The molecule has 0 heterocycles. The Labute approximate surface area is 430 Å². The van der Waals surface area contributed by atoms with Crippen molar-refractivity contribution < 1.29 is 39.0 Å². The Kier molecular flexibility index (Phi) is 18.3. The van der Waals surface area contributed by atoms with Crippen molar-refractivity contribution in [3.8, 4) is 0 Å². The highest BCUT2D eigenvalue weighted by atomic mass is 32.1. The third-order valence-electron chi connectivity index (χ3n) is 22.8. The fourth-order valence-electron chi connectivity index (χ4n) is 19.3. The van der Waals surface area contributed by atoms with E-state index in [1.807, 2.05) is 6.92 Å². The lowest BCUT2D eigenvalue weighted by Gasteiger charge is -2.62. The van der Waals surface area contributed by atoms with Gasteiger partial charge in [0.15, 0.2) is 0 Å². The summed E-state index contributed by atoms with van der Waals surface area (Å²) in [4.78, 5) is 75.3. The van der Waals surface area contributed by atoms with Crippen LogP contribution in [0, 0.1) is 110 Å². The van der Waals surface area contributed by atoms with Crippen molar-refractivity contribution in [2.24, 2.45) is 110 Å². The van der Waals surface area contributed by atoms with Gasteiger partial charge in [0.1, 0.15) is 23.1 Å². The van der Waals surface area contributed by atoms with Gasteiger partial charge in [0.05, 0.1) is 25.3 Å². The van der Waals surface area contributed by atoms with E-state index in [4.69, 9.17) is 0 Å². The van der Waals surface area contributed by atoms with Crippen LogP contribution in [0.5, 0.6) is 0 Å². The SMILES string of the molecule is CC[C@H]1C(=O)C2C(CC[C@@]3(C)C2CC[C@@H]3[C@H](C)CCC(=O)NCC(C)=O)[C@@]2(C)CC[C@@H](O)CC12.CC[C@H]1C(=O)C2C(CC[C@@]3(C)C2CC[C@@H]3[C@H](C)C[C@H](C)C(=O)NCC(C)=O)[C@@]2(C)CC[C@@H](O)CC12.S. The molecule has 398 valence electrons. The molecule has 2 amide bonds. The van der Waals surface area contributed by atoms with Crippen LogP contribution in [0.1, 0.15) is 198 Å². The molecule has 0 aromatic rings. The van der Waals surface area contributed by atoms with Gasteiger partial charge in [-0.3, -0.25) is 28.8 Å². The van der Waals surface area contributed by atoms with Crippen molar-refractivity contribution >= 4 is 48.4 Å². The normalized spacial score (nSPS) is 43.9. The third-order valence-corrected chi connectivity index (χ3v) is 22.8. The summed E-state index contributed by atoms with van der Waals surface area (Å²) in [5.74, 6) is 5.77. The molecule has 0 spiro atoms. The number of amides is 2. The first kappa shape index (κ1) is 57.2. The molecule has 8 fully saturated rings. The molecule has 8 rings (SSSR count). The molecule has 8 saturated carbocycles. The number of aliphatic hydroxyl groups is 2. The molecule has 8 aliphatic rings. The number of aliphatic hydroxyl groups excluding tert-OH is 2. The summed E-state index contributed by atoms with van der Waals surface area (Å²) in [6, 6.07) is 0. The Morgan fingerprint density at radius 3 is 1.40 bits per heavy atom. The van der Waals surface area contributed by atoms with Gasteiger partial charge in [-0.2, -0.15) is 13.5 Å². The highest BCUT2D eigenvalue weighted by molar-refractivity contribution is 7.59. The summed E-state index contributed by atoms with van der Waals surface area (Å²) >= 11 is 0. The van der Waals surface area contributed by atoms with Gasteiger partial charge in [-0.25, -0.2) is 0 Å². The summed E-state index contributed by atoms with van der Waals surface area (Å²) < 4.78 is 0. The largest absolute Gasteiger partial charge is 0.393 e. The average Bonchev–Trinajstić information content (AvgIpc) is 3.85. The van der Waals surface area contributed by atoms with Crippen LogP contribution >= 0.6 is 13.5 Å². The predicted molar refractivity (Wildman–Crippen MR) is 281 cm³/mol. The summed E-state index contributed by atoms with van der Waals surface area (Å²) in [7, 11) is 0. The van der Waals surface area contributed by atoms with Crippen LogP contribution in [0.2, 0.25) is 0 Å². The van der Waals surface area contributed by atoms with Crippen LogP contribution in [0.15, 0.2) is 0 Å². The van der Waals surface area contributed by atoms with Crippen LogP contribution in [-0.4, -0.2) is 70.5 Å². The minimum atomic E-state index is -0.244. The van der Waals surface area contributed by atoms with E-state index in [-0.39, 0.29) is 113 Å². The van der Waals surface area contributed by atoms with Gasteiger partial charge in [-0.15, -0.1) is 0 Å². The van der Waals surface area contributed by atoms with E-state index in [1.165, 1.54) is 26.7 Å². The van der Waals surface area contributed by atoms with Gasteiger partial charge < -0.3 is 20.8 Å². The fourth-order valence-corrected chi connectivity index (χ4v) is 19.3. The number of ketones is 4. The van der Waals surface area contributed by atoms with Crippen molar-refractivity contribution in [3.63, 3.8) is 0 Å². The second-order valence-corrected chi connectivity index (χ2v) is 26.4. The Hall–Kier alpha value is -2.11. The molecule has 11 heteroatoms. The molecule has 10 nitrogen and oxygen atoms in total. The van der Waals surface area contributed by atoms with E-state index in [9.17, 15) is 39.0 Å². The van der Waals surface area contributed by atoms with Crippen molar-refractivity contribution in [1.29, 1.82) is 0 Å². The summed E-state index contributed by atoms with van der Waals surface area (Å²) in [5.41, 5.74) is 0.675. The number of Topliss-reactive ketones (excluding diaryl/α,β-unsaturated/α-hetero) is 4. The molecule has 0 saturated heterocycles. The van der Waals surface area contributed by atoms with E-state index < -0.39 is 0 Å². The van der Waals surface area contributed by atoms with Crippen molar-refractivity contribution in [3.05, 3.63) is 0 Å². The van der Waals surface area contributed by atoms with Crippen LogP contribution in [0.25, 0.3) is 0 Å². The third kappa shape index (κ3) is 10.5. The molecule has 21 atom stereocenters. The van der Waals surface area contributed by atoms with Gasteiger partial charge in [0, 0.05) is 36.0 Å². The average molecular weight is 996 g/mol. The minimum absolute atomic E-state index is 0. The second-order valence-electron chi connectivity index (χ2n) is 26.4. The molecule has 0 radical (unpaired) electrons. The van der Waals surface area contributed by atoms with Gasteiger partial charge in [0.25, 0.3) is 0 Å². The Morgan fingerprint density at radius 1 is 0.571 bits per heavy atom. The summed E-state index contributed by atoms with van der Waals surface area (Å²) in [6.07, 6.45) is 18.1. The number of carbonyl (C=O) groups excluding carboxylic acids is 6. The smallest absolute Gasteiger partial charge is 0.223 e. The predicted octanol–water partition coefficient (Wildman–Crippen LogP) is 10.2. The van der Waals surface area contributed by atoms with E-state index >= 15 is 0 Å². The highest BCUT2D eigenvalue weighted by Crippen LogP contribution is 2.70.